The second-order valence-electron chi connectivity index (χ2n) is 2.68. The highest BCUT2D eigenvalue weighted by Gasteiger charge is 2.06. The van der Waals surface area contributed by atoms with Crippen molar-refractivity contribution in [3.8, 4) is 11.3 Å². The Morgan fingerprint density at radius 2 is 1.85 bits per heavy atom. The van der Waals surface area contributed by atoms with Gasteiger partial charge in [0.05, 0.1) is 5.56 Å². The largest absolute Gasteiger partial charge is 0.441 e. The number of benzene rings is 1. The quantitative estimate of drug-likeness (QED) is 0.727. The zero-order valence-electron chi connectivity index (χ0n) is 6.83. The van der Waals surface area contributed by atoms with Crippen LogP contribution in [0.5, 0.6) is 0 Å². The van der Waals surface area contributed by atoms with Crippen molar-refractivity contribution in [2.45, 2.75) is 0 Å². The molecule has 2 rings (SSSR count). The van der Waals surface area contributed by atoms with Gasteiger partial charge in [-0.3, -0.25) is 0 Å². The number of furan rings is 1. The van der Waals surface area contributed by atoms with Crippen molar-refractivity contribution in [3.63, 3.8) is 0 Å². The van der Waals surface area contributed by atoms with E-state index in [-0.39, 0.29) is 5.82 Å². The van der Waals surface area contributed by atoms with Crippen molar-refractivity contribution in [2.75, 3.05) is 5.73 Å². The van der Waals surface area contributed by atoms with E-state index in [1.807, 2.05) is 0 Å². The van der Waals surface area contributed by atoms with Crippen LogP contribution in [0, 0.1) is 5.82 Å². The number of hydrogen-bond donors (Lipinski definition) is 1. The summed E-state index contributed by atoms with van der Waals surface area (Å²) in [5.74, 6) is 0.436. The minimum absolute atomic E-state index is 0.290. The first-order chi connectivity index (χ1) is 6.27. The molecule has 0 unspecified atom stereocenters. The van der Waals surface area contributed by atoms with Crippen molar-refractivity contribution in [1.82, 2.24) is 0 Å². The highest BCUT2D eigenvalue weighted by Crippen LogP contribution is 2.25. The molecule has 1 heterocycles. The van der Waals surface area contributed by atoms with Gasteiger partial charge in [0, 0.05) is 6.07 Å². The van der Waals surface area contributed by atoms with E-state index in [1.165, 1.54) is 6.07 Å². The van der Waals surface area contributed by atoms with Gasteiger partial charge in [0.2, 0.25) is 0 Å². The van der Waals surface area contributed by atoms with E-state index in [1.54, 1.807) is 30.3 Å². The van der Waals surface area contributed by atoms with E-state index < -0.39 is 0 Å². The standard InChI is InChI=1S/C10H8FNO/c11-8-4-2-1-3-7(8)9-5-6-10(12)13-9/h1-6H,12H2. The van der Waals surface area contributed by atoms with E-state index in [0.717, 1.165) is 0 Å². The zero-order valence-corrected chi connectivity index (χ0v) is 6.83. The highest BCUT2D eigenvalue weighted by atomic mass is 19.1. The molecule has 0 amide bonds. The molecule has 2 N–H and O–H groups in total. The van der Waals surface area contributed by atoms with Crippen molar-refractivity contribution in [1.29, 1.82) is 0 Å². The van der Waals surface area contributed by atoms with Gasteiger partial charge in [-0.1, -0.05) is 12.1 Å². The van der Waals surface area contributed by atoms with E-state index in [0.29, 0.717) is 17.2 Å². The molecule has 1 aromatic carbocycles. The predicted molar refractivity (Wildman–Crippen MR) is 48.5 cm³/mol. The van der Waals surface area contributed by atoms with Crippen molar-refractivity contribution in [2.24, 2.45) is 0 Å². The van der Waals surface area contributed by atoms with Crippen LogP contribution < -0.4 is 5.73 Å². The Morgan fingerprint density at radius 3 is 2.46 bits per heavy atom. The Morgan fingerprint density at radius 1 is 1.08 bits per heavy atom. The summed E-state index contributed by atoms with van der Waals surface area (Å²) in [5, 5.41) is 0. The molecule has 0 atom stereocenters. The second kappa shape index (κ2) is 2.94. The molecular formula is C10H8FNO. The molecule has 0 fully saturated rings. The predicted octanol–water partition coefficient (Wildman–Crippen LogP) is 2.67. The molecule has 0 aliphatic rings. The lowest BCUT2D eigenvalue weighted by molar-refractivity contribution is 0.585. The summed E-state index contributed by atoms with van der Waals surface area (Å²) in [6.45, 7) is 0. The number of halogens is 1. The first kappa shape index (κ1) is 7.86. The number of hydrogen-bond acceptors (Lipinski definition) is 2. The third-order valence-corrected chi connectivity index (χ3v) is 1.77. The van der Waals surface area contributed by atoms with Gasteiger partial charge in [-0.2, -0.15) is 0 Å². The van der Waals surface area contributed by atoms with Gasteiger partial charge in [0.1, 0.15) is 11.6 Å². The van der Waals surface area contributed by atoms with E-state index in [4.69, 9.17) is 10.2 Å². The SMILES string of the molecule is Nc1ccc(-c2ccccc2F)o1. The minimum atomic E-state index is -0.308. The van der Waals surface area contributed by atoms with Crippen LogP contribution in [0.15, 0.2) is 40.8 Å². The van der Waals surface area contributed by atoms with Crippen LogP contribution in [-0.4, -0.2) is 0 Å². The van der Waals surface area contributed by atoms with Gasteiger partial charge in [0.15, 0.2) is 5.88 Å². The lowest BCUT2D eigenvalue weighted by Gasteiger charge is -1.97. The first-order valence-corrected chi connectivity index (χ1v) is 3.87. The fourth-order valence-electron chi connectivity index (χ4n) is 1.16. The summed E-state index contributed by atoms with van der Waals surface area (Å²) in [6.07, 6.45) is 0. The fraction of sp³-hybridized carbons (Fsp3) is 0. The Labute approximate surface area is 74.8 Å². The molecule has 0 aliphatic heterocycles. The molecule has 0 radical (unpaired) electrons. The summed E-state index contributed by atoms with van der Waals surface area (Å²) in [7, 11) is 0. The second-order valence-corrected chi connectivity index (χ2v) is 2.68. The normalized spacial score (nSPS) is 10.2. The molecule has 66 valence electrons. The maximum Gasteiger partial charge on any atom is 0.190 e. The maximum atomic E-state index is 13.2. The van der Waals surface area contributed by atoms with Gasteiger partial charge < -0.3 is 10.2 Å². The maximum absolute atomic E-state index is 13.2. The van der Waals surface area contributed by atoms with Crippen LogP contribution in [0.2, 0.25) is 0 Å². The molecular weight excluding hydrogens is 169 g/mol. The Hall–Kier alpha value is -1.77. The summed E-state index contributed by atoms with van der Waals surface area (Å²) in [5.41, 5.74) is 5.81. The molecule has 3 heteroatoms. The summed E-state index contributed by atoms with van der Waals surface area (Å²) in [6, 6.07) is 9.65. The molecule has 2 aromatic rings. The van der Waals surface area contributed by atoms with Gasteiger partial charge in [0.25, 0.3) is 0 Å². The highest BCUT2D eigenvalue weighted by molar-refractivity contribution is 5.59. The molecule has 0 saturated carbocycles. The molecule has 2 nitrogen and oxygen atoms in total. The zero-order chi connectivity index (χ0) is 9.26. The topological polar surface area (TPSA) is 39.2 Å². The molecule has 13 heavy (non-hydrogen) atoms. The Kier molecular flexibility index (Phi) is 1.77. The third kappa shape index (κ3) is 1.40. The summed E-state index contributed by atoms with van der Waals surface area (Å²) >= 11 is 0. The number of anilines is 1. The third-order valence-electron chi connectivity index (χ3n) is 1.77. The van der Waals surface area contributed by atoms with E-state index in [9.17, 15) is 4.39 Å². The first-order valence-electron chi connectivity index (χ1n) is 3.87. The lowest BCUT2D eigenvalue weighted by atomic mass is 10.2. The van der Waals surface area contributed by atoms with Crippen LogP contribution in [0.1, 0.15) is 0 Å². The van der Waals surface area contributed by atoms with Crippen LogP contribution in [0.3, 0.4) is 0 Å². The molecule has 0 bridgehead atoms. The average Bonchev–Trinajstić information content (AvgIpc) is 2.53. The van der Waals surface area contributed by atoms with Crippen LogP contribution >= 0.6 is 0 Å². The Bertz CT molecular complexity index is 422. The summed E-state index contributed by atoms with van der Waals surface area (Å²) < 4.78 is 18.3. The summed E-state index contributed by atoms with van der Waals surface area (Å²) in [4.78, 5) is 0. The van der Waals surface area contributed by atoms with Gasteiger partial charge in [-0.05, 0) is 18.2 Å². The lowest BCUT2D eigenvalue weighted by Crippen LogP contribution is -1.80. The number of rotatable bonds is 1. The van der Waals surface area contributed by atoms with Crippen LogP contribution in [0.25, 0.3) is 11.3 Å². The fourth-order valence-corrected chi connectivity index (χ4v) is 1.16. The molecule has 0 spiro atoms. The van der Waals surface area contributed by atoms with Crippen LogP contribution in [-0.2, 0) is 0 Å². The minimum Gasteiger partial charge on any atom is -0.441 e. The number of nitrogens with two attached hydrogens (primary N) is 1. The van der Waals surface area contributed by atoms with Gasteiger partial charge in [-0.25, -0.2) is 4.39 Å². The van der Waals surface area contributed by atoms with Crippen molar-refractivity contribution in [3.05, 3.63) is 42.2 Å². The van der Waals surface area contributed by atoms with E-state index in [2.05, 4.69) is 0 Å². The molecule has 0 saturated heterocycles. The monoisotopic (exact) mass is 177 g/mol. The van der Waals surface area contributed by atoms with Crippen LogP contribution in [0.4, 0.5) is 10.3 Å². The van der Waals surface area contributed by atoms with Crippen molar-refractivity contribution < 1.29 is 8.81 Å². The van der Waals surface area contributed by atoms with Gasteiger partial charge >= 0.3 is 0 Å². The molecule has 1 aromatic heterocycles. The Balaban J connectivity index is 2.52. The van der Waals surface area contributed by atoms with Gasteiger partial charge in [-0.15, -0.1) is 0 Å². The average molecular weight is 177 g/mol. The smallest absolute Gasteiger partial charge is 0.190 e. The molecule has 0 aliphatic carbocycles. The van der Waals surface area contributed by atoms with E-state index >= 15 is 0 Å². The number of nitrogen functional groups attached to an aromatic ring is 1. The van der Waals surface area contributed by atoms with Crippen molar-refractivity contribution >= 4 is 5.88 Å².